The molecule has 0 bridgehead atoms. The standard InChI is InChI=1S/C17H20N4O4/c22-12-9-11(10-12)16(13-3-1-2-6-18-13)19-14(23)4-7-21-8-5-15(24)20-17(21)25/h1-3,5-6,8,11-12,16,22H,4,7,9-10H2,(H,19,23)(H,20,24,25)/t11?,12?,16-/m1/s1. The van der Waals surface area contributed by atoms with Gasteiger partial charge < -0.3 is 15.0 Å². The number of aromatic amines is 1. The van der Waals surface area contributed by atoms with Gasteiger partial charge in [-0.25, -0.2) is 4.79 Å². The summed E-state index contributed by atoms with van der Waals surface area (Å²) in [4.78, 5) is 41.5. The SMILES string of the molecule is O=C(CCn1ccc(=O)[nH]c1=O)N[C@@H](c1ccccn1)C1CC(O)C1. The van der Waals surface area contributed by atoms with E-state index in [9.17, 15) is 19.5 Å². The van der Waals surface area contributed by atoms with Crippen molar-refractivity contribution in [2.75, 3.05) is 0 Å². The number of nitrogens with one attached hydrogen (secondary N) is 2. The van der Waals surface area contributed by atoms with Gasteiger partial charge in [0.05, 0.1) is 17.8 Å². The van der Waals surface area contributed by atoms with Crippen LogP contribution < -0.4 is 16.6 Å². The molecule has 8 nitrogen and oxygen atoms in total. The lowest BCUT2D eigenvalue weighted by Gasteiger charge is -2.37. The van der Waals surface area contributed by atoms with Crippen molar-refractivity contribution in [3.05, 3.63) is 63.2 Å². The van der Waals surface area contributed by atoms with Crippen molar-refractivity contribution in [2.24, 2.45) is 5.92 Å². The molecule has 0 aromatic carbocycles. The van der Waals surface area contributed by atoms with E-state index >= 15 is 0 Å². The zero-order chi connectivity index (χ0) is 17.8. The Hall–Kier alpha value is -2.74. The van der Waals surface area contributed by atoms with Crippen LogP contribution >= 0.6 is 0 Å². The van der Waals surface area contributed by atoms with Gasteiger partial charge >= 0.3 is 5.69 Å². The van der Waals surface area contributed by atoms with E-state index in [1.54, 1.807) is 12.3 Å². The zero-order valence-corrected chi connectivity index (χ0v) is 13.6. The summed E-state index contributed by atoms with van der Waals surface area (Å²) in [6.07, 6.45) is 4.07. The molecule has 1 atom stereocenters. The van der Waals surface area contributed by atoms with Gasteiger partial charge in [-0.1, -0.05) is 6.07 Å². The largest absolute Gasteiger partial charge is 0.393 e. The highest BCUT2D eigenvalue weighted by atomic mass is 16.3. The first kappa shape index (κ1) is 17.1. The first-order valence-corrected chi connectivity index (χ1v) is 8.21. The lowest BCUT2D eigenvalue weighted by molar-refractivity contribution is -0.123. The van der Waals surface area contributed by atoms with Crippen LogP contribution in [0.2, 0.25) is 0 Å². The number of rotatable bonds is 6. The average molecular weight is 344 g/mol. The minimum absolute atomic E-state index is 0.102. The Morgan fingerprint density at radius 2 is 2.16 bits per heavy atom. The van der Waals surface area contributed by atoms with Gasteiger partial charge in [-0.3, -0.25) is 19.6 Å². The van der Waals surface area contributed by atoms with Crippen molar-refractivity contribution in [1.29, 1.82) is 0 Å². The number of aliphatic hydroxyl groups excluding tert-OH is 1. The number of aryl methyl sites for hydroxylation is 1. The van der Waals surface area contributed by atoms with E-state index < -0.39 is 11.2 Å². The average Bonchev–Trinajstić information content (AvgIpc) is 2.57. The van der Waals surface area contributed by atoms with Gasteiger partial charge in [0.1, 0.15) is 0 Å². The van der Waals surface area contributed by atoms with Crippen molar-refractivity contribution < 1.29 is 9.90 Å². The number of H-pyrrole nitrogens is 1. The van der Waals surface area contributed by atoms with E-state index in [1.807, 2.05) is 12.1 Å². The maximum atomic E-state index is 12.3. The van der Waals surface area contributed by atoms with Crippen LogP contribution in [0.4, 0.5) is 0 Å². The van der Waals surface area contributed by atoms with E-state index in [-0.39, 0.29) is 36.9 Å². The minimum Gasteiger partial charge on any atom is -0.393 e. The summed E-state index contributed by atoms with van der Waals surface area (Å²) in [6, 6.07) is 6.50. The number of aliphatic hydroxyl groups is 1. The van der Waals surface area contributed by atoms with Crippen LogP contribution in [0.5, 0.6) is 0 Å². The molecule has 2 aromatic rings. The summed E-state index contributed by atoms with van der Waals surface area (Å²) in [5.74, 6) is -0.0696. The fraction of sp³-hybridized carbons (Fsp3) is 0.412. The monoisotopic (exact) mass is 344 g/mol. The van der Waals surface area contributed by atoms with Gasteiger partial charge in [0.25, 0.3) is 5.56 Å². The van der Waals surface area contributed by atoms with Crippen LogP contribution in [0.15, 0.2) is 46.2 Å². The molecule has 1 saturated carbocycles. The highest BCUT2D eigenvalue weighted by molar-refractivity contribution is 5.76. The molecule has 0 radical (unpaired) electrons. The second-order valence-electron chi connectivity index (χ2n) is 6.24. The molecule has 25 heavy (non-hydrogen) atoms. The van der Waals surface area contributed by atoms with Crippen LogP contribution in [0.1, 0.15) is 31.0 Å². The third-order valence-electron chi connectivity index (χ3n) is 4.42. The maximum Gasteiger partial charge on any atom is 0.328 e. The third kappa shape index (κ3) is 4.21. The predicted octanol–water partition coefficient (Wildman–Crippen LogP) is -0.0499. The molecule has 0 spiro atoms. The lowest BCUT2D eigenvalue weighted by Crippen LogP contribution is -2.42. The molecule has 0 saturated heterocycles. The van der Waals surface area contributed by atoms with E-state index in [2.05, 4.69) is 15.3 Å². The van der Waals surface area contributed by atoms with Crippen LogP contribution in [0, 0.1) is 5.92 Å². The molecule has 1 amide bonds. The van der Waals surface area contributed by atoms with Crippen molar-refractivity contribution in [3.63, 3.8) is 0 Å². The van der Waals surface area contributed by atoms with E-state index in [1.165, 1.54) is 16.8 Å². The third-order valence-corrected chi connectivity index (χ3v) is 4.42. The number of aromatic nitrogens is 3. The summed E-state index contributed by atoms with van der Waals surface area (Å²) in [7, 11) is 0. The second kappa shape index (κ2) is 7.43. The Balaban J connectivity index is 1.64. The van der Waals surface area contributed by atoms with Crippen molar-refractivity contribution >= 4 is 5.91 Å². The lowest BCUT2D eigenvalue weighted by atomic mass is 9.76. The van der Waals surface area contributed by atoms with Gasteiger partial charge in [0.15, 0.2) is 0 Å². The minimum atomic E-state index is -0.538. The van der Waals surface area contributed by atoms with Gasteiger partial charge in [-0.2, -0.15) is 0 Å². The van der Waals surface area contributed by atoms with Gasteiger partial charge in [0, 0.05) is 31.4 Å². The fourth-order valence-corrected chi connectivity index (χ4v) is 2.98. The number of amides is 1. The summed E-state index contributed by atoms with van der Waals surface area (Å²) in [6.45, 7) is 0.170. The van der Waals surface area contributed by atoms with Gasteiger partial charge in [-0.05, 0) is 30.9 Å². The molecule has 3 N–H and O–H groups in total. The van der Waals surface area contributed by atoms with Crippen LogP contribution in [0.3, 0.4) is 0 Å². The number of carbonyl (C=O) groups is 1. The van der Waals surface area contributed by atoms with Crippen LogP contribution in [0.25, 0.3) is 0 Å². The molecular formula is C17H20N4O4. The highest BCUT2D eigenvalue weighted by Crippen LogP contribution is 2.37. The van der Waals surface area contributed by atoms with Crippen LogP contribution in [-0.2, 0) is 11.3 Å². The summed E-state index contributed by atoms with van der Waals surface area (Å²) in [5.41, 5.74) is -0.248. The topological polar surface area (TPSA) is 117 Å². The van der Waals surface area contributed by atoms with Crippen LogP contribution in [-0.4, -0.2) is 31.7 Å². The normalized spacial score (nSPS) is 20.5. The Morgan fingerprint density at radius 3 is 2.80 bits per heavy atom. The molecule has 132 valence electrons. The molecule has 8 heteroatoms. The number of pyridine rings is 1. The molecule has 0 aliphatic heterocycles. The summed E-state index contributed by atoms with van der Waals surface area (Å²) < 4.78 is 1.28. The Kier molecular flexibility index (Phi) is 5.08. The Labute approximate surface area is 143 Å². The Bertz CT molecular complexity index is 839. The molecule has 2 heterocycles. The Morgan fingerprint density at radius 1 is 1.36 bits per heavy atom. The first-order chi connectivity index (χ1) is 12.0. The quantitative estimate of drug-likeness (QED) is 0.679. The zero-order valence-electron chi connectivity index (χ0n) is 13.6. The molecule has 2 aromatic heterocycles. The van der Waals surface area contributed by atoms with E-state index in [0.29, 0.717) is 12.8 Å². The predicted molar refractivity (Wildman–Crippen MR) is 89.8 cm³/mol. The molecule has 0 unspecified atom stereocenters. The van der Waals surface area contributed by atoms with Crippen molar-refractivity contribution in [2.45, 2.75) is 38.0 Å². The number of carbonyl (C=O) groups excluding carboxylic acids is 1. The number of hydrogen-bond donors (Lipinski definition) is 3. The fourth-order valence-electron chi connectivity index (χ4n) is 2.98. The molecule has 1 fully saturated rings. The van der Waals surface area contributed by atoms with Gasteiger partial charge in [-0.15, -0.1) is 0 Å². The molecular weight excluding hydrogens is 324 g/mol. The first-order valence-electron chi connectivity index (χ1n) is 8.21. The van der Waals surface area contributed by atoms with Gasteiger partial charge in [0.2, 0.25) is 5.91 Å². The second-order valence-corrected chi connectivity index (χ2v) is 6.24. The number of nitrogens with zero attached hydrogens (tertiary/aromatic N) is 2. The molecule has 3 rings (SSSR count). The summed E-state index contributed by atoms with van der Waals surface area (Å²) in [5, 5.41) is 12.5. The number of hydrogen-bond acceptors (Lipinski definition) is 5. The summed E-state index contributed by atoms with van der Waals surface area (Å²) >= 11 is 0. The highest BCUT2D eigenvalue weighted by Gasteiger charge is 2.36. The smallest absolute Gasteiger partial charge is 0.328 e. The van der Waals surface area contributed by atoms with Crippen molar-refractivity contribution in [1.82, 2.24) is 19.9 Å². The van der Waals surface area contributed by atoms with E-state index in [4.69, 9.17) is 0 Å². The van der Waals surface area contributed by atoms with E-state index in [0.717, 1.165) is 5.69 Å². The molecule has 1 aliphatic carbocycles. The molecule has 1 aliphatic rings. The maximum absolute atomic E-state index is 12.3. The van der Waals surface area contributed by atoms with Crippen molar-refractivity contribution in [3.8, 4) is 0 Å².